The molecule has 3 aromatic rings. The van der Waals surface area contributed by atoms with Gasteiger partial charge in [0.1, 0.15) is 5.82 Å². The van der Waals surface area contributed by atoms with E-state index in [1.807, 2.05) is 30.3 Å². The summed E-state index contributed by atoms with van der Waals surface area (Å²) in [5.41, 5.74) is 2.49. The predicted octanol–water partition coefficient (Wildman–Crippen LogP) is 5.33. The summed E-state index contributed by atoms with van der Waals surface area (Å²) < 4.78 is 14.8. The fourth-order valence-corrected chi connectivity index (χ4v) is 2.77. The van der Waals surface area contributed by atoms with E-state index in [0.717, 1.165) is 4.47 Å². The van der Waals surface area contributed by atoms with E-state index in [1.165, 1.54) is 24.0 Å². The molecule has 3 nitrogen and oxygen atoms in total. The number of anilines is 2. The molecule has 0 aliphatic rings. The van der Waals surface area contributed by atoms with Gasteiger partial charge in [-0.3, -0.25) is 14.7 Å². The third-order valence-corrected chi connectivity index (χ3v) is 4.07. The van der Waals surface area contributed by atoms with Crippen LogP contribution < -0.4 is 4.90 Å². The lowest BCUT2D eigenvalue weighted by atomic mass is 10.1. The van der Waals surface area contributed by atoms with Gasteiger partial charge in [0.2, 0.25) is 5.91 Å². The highest BCUT2D eigenvalue weighted by Gasteiger charge is 2.19. The van der Waals surface area contributed by atoms with E-state index in [4.69, 9.17) is 0 Å². The Labute approximate surface area is 147 Å². The second kappa shape index (κ2) is 6.93. The van der Waals surface area contributed by atoms with E-state index < -0.39 is 5.82 Å². The molecule has 1 amide bonds. The number of aromatic nitrogens is 1. The fraction of sp³-hybridized carbons (Fsp3) is 0.0526. The van der Waals surface area contributed by atoms with Crippen LogP contribution in [-0.4, -0.2) is 10.9 Å². The molecule has 0 aliphatic carbocycles. The van der Waals surface area contributed by atoms with Crippen molar-refractivity contribution in [1.82, 2.24) is 4.98 Å². The Bertz CT molecular complexity index is 866. The minimum absolute atomic E-state index is 0.208. The van der Waals surface area contributed by atoms with Crippen LogP contribution in [0.2, 0.25) is 0 Å². The molecule has 0 N–H and O–H groups in total. The molecular formula is C19H14BrFN2O. The van der Waals surface area contributed by atoms with Crippen LogP contribution in [-0.2, 0) is 4.79 Å². The Morgan fingerprint density at radius 3 is 2.46 bits per heavy atom. The van der Waals surface area contributed by atoms with Crippen molar-refractivity contribution in [2.45, 2.75) is 6.92 Å². The monoisotopic (exact) mass is 384 g/mol. The number of carbonyl (C=O) groups is 1. The third-order valence-electron chi connectivity index (χ3n) is 3.54. The number of benzene rings is 2. The van der Waals surface area contributed by atoms with E-state index in [1.54, 1.807) is 24.4 Å². The highest BCUT2D eigenvalue weighted by molar-refractivity contribution is 9.10. The minimum Gasteiger partial charge on any atom is -0.281 e. The van der Waals surface area contributed by atoms with Crippen LogP contribution in [0.3, 0.4) is 0 Å². The van der Waals surface area contributed by atoms with Crippen LogP contribution in [0.5, 0.6) is 0 Å². The summed E-state index contributed by atoms with van der Waals surface area (Å²) >= 11 is 3.38. The summed E-state index contributed by atoms with van der Waals surface area (Å²) in [6.07, 6.45) is 1.67. The van der Waals surface area contributed by atoms with Crippen LogP contribution in [0, 0.1) is 5.82 Å². The Hall–Kier alpha value is -2.53. The molecule has 3 rings (SSSR count). The molecule has 1 aromatic heterocycles. The van der Waals surface area contributed by atoms with Gasteiger partial charge in [0.05, 0.1) is 11.4 Å². The van der Waals surface area contributed by atoms with Gasteiger partial charge in [0.15, 0.2) is 0 Å². The predicted molar refractivity (Wildman–Crippen MR) is 96.6 cm³/mol. The molecule has 5 heteroatoms. The van der Waals surface area contributed by atoms with E-state index in [-0.39, 0.29) is 5.91 Å². The Kier molecular flexibility index (Phi) is 4.71. The topological polar surface area (TPSA) is 33.2 Å². The molecule has 1 heterocycles. The van der Waals surface area contributed by atoms with Crippen molar-refractivity contribution in [3.8, 4) is 11.3 Å². The quantitative estimate of drug-likeness (QED) is 0.610. The summed E-state index contributed by atoms with van der Waals surface area (Å²) in [5, 5.41) is 0. The van der Waals surface area contributed by atoms with Gasteiger partial charge < -0.3 is 0 Å². The van der Waals surface area contributed by atoms with E-state index in [9.17, 15) is 9.18 Å². The van der Waals surface area contributed by atoms with Crippen LogP contribution in [0.15, 0.2) is 71.3 Å². The van der Waals surface area contributed by atoms with Gasteiger partial charge in [-0.1, -0.05) is 22.0 Å². The zero-order chi connectivity index (χ0) is 17.1. The zero-order valence-electron chi connectivity index (χ0n) is 12.9. The maximum Gasteiger partial charge on any atom is 0.228 e. The zero-order valence-corrected chi connectivity index (χ0v) is 14.5. The molecule has 0 radical (unpaired) electrons. The maximum atomic E-state index is 13.9. The molecule has 0 saturated heterocycles. The molecule has 0 unspecified atom stereocenters. The maximum absolute atomic E-state index is 13.9. The number of amides is 1. The number of pyridine rings is 1. The number of nitrogens with zero attached hydrogens (tertiary/aromatic N) is 2. The smallest absolute Gasteiger partial charge is 0.228 e. The van der Waals surface area contributed by atoms with Crippen LogP contribution >= 0.6 is 15.9 Å². The molecule has 0 spiro atoms. The first kappa shape index (κ1) is 16.3. The SMILES string of the molecule is CC(=O)N(c1ccc(Br)cc1)c1cc(F)ccc1-c1ccccn1. The van der Waals surface area contributed by atoms with E-state index in [2.05, 4.69) is 20.9 Å². The lowest BCUT2D eigenvalue weighted by Crippen LogP contribution is -2.23. The van der Waals surface area contributed by atoms with Crippen LogP contribution in [0.4, 0.5) is 15.8 Å². The highest BCUT2D eigenvalue weighted by Crippen LogP contribution is 2.35. The van der Waals surface area contributed by atoms with Crippen molar-refractivity contribution in [3.63, 3.8) is 0 Å². The van der Waals surface area contributed by atoms with Gasteiger partial charge in [-0.15, -0.1) is 0 Å². The normalized spacial score (nSPS) is 10.5. The molecule has 24 heavy (non-hydrogen) atoms. The number of rotatable bonds is 3. The lowest BCUT2D eigenvalue weighted by Gasteiger charge is -2.24. The van der Waals surface area contributed by atoms with Crippen molar-refractivity contribution >= 4 is 33.2 Å². The molecule has 0 aliphatic heterocycles. The first-order valence-corrected chi connectivity index (χ1v) is 8.13. The second-order valence-corrected chi connectivity index (χ2v) is 6.12. The lowest BCUT2D eigenvalue weighted by molar-refractivity contribution is -0.115. The van der Waals surface area contributed by atoms with Gasteiger partial charge >= 0.3 is 0 Å². The summed E-state index contributed by atoms with van der Waals surface area (Å²) in [7, 11) is 0. The third kappa shape index (κ3) is 3.36. The molecular weight excluding hydrogens is 371 g/mol. The standard InChI is InChI=1S/C19H14BrFN2O/c1-13(24)23(16-8-5-14(20)6-9-16)19-12-15(21)7-10-17(19)18-4-2-3-11-22-18/h2-12H,1H3. The molecule has 0 bridgehead atoms. The van der Waals surface area contributed by atoms with Gasteiger partial charge in [0.25, 0.3) is 0 Å². The molecule has 2 aromatic carbocycles. The number of carbonyl (C=O) groups excluding carboxylic acids is 1. The fourth-order valence-electron chi connectivity index (χ4n) is 2.51. The number of hydrogen-bond donors (Lipinski definition) is 0. The summed E-state index contributed by atoms with van der Waals surface area (Å²) in [6, 6.07) is 17.1. The first-order chi connectivity index (χ1) is 11.6. The largest absolute Gasteiger partial charge is 0.281 e. The van der Waals surface area contributed by atoms with E-state index in [0.29, 0.717) is 22.6 Å². The minimum atomic E-state index is -0.409. The van der Waals surface area contributed by atoms with Crippen molar-refractivity contribution in [2.24, 2.45) is 0 Å². The Morgan fingerprint density at radius 2 is 1.83 bits per heavy atom. The number of hydrogen-bond acceptors (Lipinski definition) is 2. The Morgan fingerprint density at radius 1 is 1.08 bits per heavy atom. The molecule has 120 valence electrons. The van der Waals surface area contributed by atoms with Crippen LogP contribution in [0.25, 0.3) is 11.3 Å². The van der Waals surface area contributed by atoms with Crippen molar-refractivity contribution in [3.05, 3.63) is 77.2 Å². The summed E-state index contributed by atoms with van der Waals surface area (Å²) in [5.74, 6) is -0.617. The van der Waals surface area contributed by atoms with E-state index >= 15 is 0 Å². The average Bonchev–Trinajstić information content (AvgIpc) is 2.57. The molecule has 0 saturated carbocycles. The van der Waals surface area contributed by atoms with Gasteiger partial charge in [-0.25, -0.2) is 4.39 Å². The van der Waals surface area contributed by atoms with Crippen molar-refractivity contribution in [2.75, 3.05) is 4.90 Å². The van der Waals surface area contributed by atoms with Gasteiger partial charge in [-0.05, 0) is 54.6 Å². The summed E-state index contributed by atoms with van der Waals surface area (Å²) in [4.78, 5) is 18.1. The Balaban J connectivity index is 2.19. The van der Waals surface area contributed by atoms with Crippen molar-refractivity contribution < 1.29 is 9.18 Å². The summed E-state index contributed by atoms with van der Waals surface area (Å²) in [6.45, 7) is 1.45. The van der Waals surface area contributed by atoms with Gasteiger partial charge in [0, 0.05) is 28.8 Å². The second-order valence-electron chi connectivity index (χ2n) is 5.21. The highest BCUT2D eigenvalue weighted by atomic mass is 79.9. The first-order valence-electron chi connectivity index (χ1n) is 7.33. The van der Waals surface area contributed by atoms with Crippen LogP contribution in [0.1, 0.15) is 6.92 Å². The molecule has 0 atom stereocenters. The van der Waals surface area contributed by atoms with Crippen molar-refractivity contribution in [1.29, 1.82) is 0 Å². The number of halogens is 2. The molecule has 0 fully saturated rings. The average molecular weight is 385 g/mol. The van der Waals surface area contributed by atoms with Gasteiger partial charge in [-0.2, -0.15) is 0 Å².